The molecule has 0 fully saturated rings. The quantitative estimate of drug-likeness (QED) is 0.851. The molecule has 0 bridgehead atoms. The first-order valence-electron chi connectivity index (χ1n) is 6.05. The van der Waals surface area contributed by atoms with Gasteiger partial charge < -0.3 is 15.8 Å². The number of rotatable bonds is 4. The van der Waals surface area contributed by atoms with E-state index in [-0.39, 0.29) is 5.91 Å². The van der Waals surface area contributed by atoms with E-state index in [1.807, 2.05) is 18.2 Å². The van der Waals surface area contributed by atoms with Crippen molar-refractivity contribution in [2.45, 2.75) is 6.54 Å². The van der Waals surface area contributed by atoms with Gasteiger partial charge in [-0.15, -0.1) is 0 Å². The van der Waals surface area contributed by atoms with Gasteiger partial charge in [-0.2, -0.15) is 0 Å². The molecule has 0 aliphatic heterocycles. The Bertz CT molecular complexity index is 629. The molecule has 4 nitrogen and oxygen atoms in total. The highest BCUT2D eigenvalue weighted by atomic mass is 35.5. The number of carbonyl (C=O) groups is 1. The van der Waals surface area contributed by atoms with Gasteiger partial charge in [0.15, 0.2) is 0 Å². The highest BCUT2D eigenvalue weighted by Crippen LogP contribution is 2.18. The lowest BCUT2D eigenvalue weighted by atomic mass is 10.1. The van der Waals surface area contributed by atoms with Gasteiger partial charge in [0.1, 0.15) is 5.75 Å². The Kier molecular flexibility index (Phi) is 4.48. The monoisotopic (exact) mass is 290 g/mol. The molecule has 2 aromatic rings. The maximum absolute atomic E-state index is 12.1. The number of nitrogens with two attached hydrogens (primary N) is 1. The molecule has 2 aromatic carbocycles. The third kappa shape index (κ3) is 3.65. The van der Waals surface area contributed by atoms with Gasteiger partial charge in [-0.1, -0.05) is 23.7 Å². The summed E-state index contributed by atoms with van der Waals surface area (Å²) in [6.45, 7) is 0.399. The smallest absolute Gasteiger partial charge is 0.251 e. The normalized spacial score (nSPS) is 10.1. The zero-order valence-electron chi connectivity index (χ0n) is 11.0. The zero-order chi connectivity index (χ0) is 14.5. The molecule has 1 amide bonds. The molecule has 0 saturated carbocycles. The topological polar surface area (TPSA) is 64.3 Å². The minimum Gasteiger partial charge on any atom is -0.497 e. The Hall–Kier alpha value is -2.20. The fourth-order valence-electron chi connectivity index (χ4n) is 1.80. The number of anilines is 1. The van der Waals surface area contributed by atoms with Gasteiger partial charge in [0, 0.05) is 28.9 Å². The minimum absolute atomic E-state index is 0.212. The zero-order valence-corrected chi connectivity index (χ0v) is 11.8. The van der Waals surface area contributed by atoms with Crippen LogP contribution in [0.4, 0.5) is 5.69 Å². The van der Waals surface area contributed by atoms with Crippen molar-refractivity contribution in [3.8, 4) is 5.75 Å². The molecule has 2 rings (SSSR count). The first-order chi connectivity index (χ1) is 9.58. The van der Waals surface area contributed by atoms with Gasteiger partial charge in [0.25, 0.3) is 5.91 Å². The number of amides is 1. The van der Waals surface area contributed by atoms with Crippen molar-refractivity contribution in [3.63, 3.8) is 0 Å². The molecule has 0 unspecified atom stereocenters. The third-order valence-electron chi connectivity index (χ3n) is 2.77. The van der Waals surface area contributed by atoms with Gasteiger partial charge >= 0.3 is 0 Å². The maximum atomic E-state index is 12.1. The average molecular weight is 291 g/mol. The SMILES string of the molecule is COc1cc(N)cc(C(=O)NCc2cccc(Cl)c2)c1. The molecular weight excluding hydrogens is 276 g/mol. The molecule has 0 atom stereocenters. The van der Waals surface area contributed by atoms with Gasteiger partial charge in [-0.3, -0.25) is 4.79 Å². The van der Waals surface area contributed by atoms with Crippen LogP contribution in [0.3, 0.4) is 0 Å². The van der Waals surface area contributed by atoms with Crippen molar-refractivity contribution < 1.29 is 9.53 Å². The lowest BCUT2D eigenvalue weighted by Gasteiger charge is -2.08. The number of carbonyl (C=O) groups excluding carboxylic acids is 1. The summed E-state index contributed by atoms with van der Waals surface area (Å²) in [5.74, 6) is 0.341. The fraction of sp³-hybridized carbons (Fsp3) is 0.133. The van der Waals surface area contributed by atoms with Crippen molar-refractivity contribution in [1.82, 2.24) is 5.32 Å². The Balaban J connectivity index is 2.07. The first kappa shape index (κ1) is 14.2. The summed E-state index contributed by atoms with van der Waals surface area (Å²) >= 11 is 5.89. The van der Waals surface area contributed by atoms with Crippen molar-refractivity contribution >= 4 is 23.2 Å². The van der Waals surface area contributed by atoms with Crippen LogP contribution < -0.4 is 15.8 Å². The summed E-state index contributed by atoms with van der Waals surface area (Å²) in [7, 11) is 1.53. The number of nitrogens with one attached hydrogen (secondary N) is 1. The van der Waals surface area contributed by atoms with E-state index in [4.69, 9.17) is 22.1 Å². The Morgan fingerprint density at radius 2 is 2.10 bits per heavy atom. The fourth-order valence-corrected chi connectivity index (χ4v) is 2.02. The van der Waals surface area contributed by atoms with Crippen LogP contribution in [-0.4, -0.2) is 13.0 Å². The van der Waals surface area contributed by atoms with Gasteiger partial charge in [-0.25, -0.2) is 0 Å². The van der Waals surface area contributed by atoms with E-state index in [9.17, 15) is 4.79 Å². The number of methoxy groups -OCH3 is 1. The summed E-state index contributed by atoms with van der Waals surface area (Å²) in [4.78, 5) is 12.1. The van der Waals surface area contributed by atoms with E-state index in [0.717, 1.165) is 5.56 Å². The van der Waals surface area contributed by atoms with Gasteiger partial charge in [0.05, 0.1) is 7.11 Å². The molecule has 0 saturated heterocycles. The van der Waals surface area contributed by atoms with Crippen LogP contribution in [0.5, 0.6) is 5.75 Å². The van der Waals surface area contributed by atoms with E-state index in [1.54, 1.807) is 24.3 Å². The number of hydrogen-bond donors (Lipinski definition) is 2. The van der Waals surface area contributed by atoms with Crippen LogP contribution in [0.2, 0.25) is 5.02 Å². The summed E-state index contributed by atoms with van der Waals surface area (Å²) in [6.07, 6.45) is 0. The molecule has 0 heterocycles. The standard InChI is InChI=1S/C15H15ClN2O2/c1-20-14-7-11(6-13(17)8-14)15(19)18-9-10-3-2-4-12(16)5-10/h2-8H,9,17H2,1H3,(H,18,19). The van der Waals surface area contributed by atoms with Crippen molar-refractivity contribution in [2.75, 3.05) is 12.8 Å². The lowest BCUT2D eigenvalue weighted by molar-refractivity contribution is 0.0950. The van der Waals surface area contributed by atoms with Gasteiger partial charge in [-0.05, 0) is 29.8 Å². The molecule has 5 heteroatoms. The van der Waals surface area contributed by atoms with E-state index in [2.05, 4.69) is 5.32 Å². The molecular formula is C15H15ClN2O2. The third-order valence-corrected chi connectivity index (χ3v) is 3.00. The number of hydrogen-bond acceptors (Lipinski definition) is 3. The second-order valence-electron chi connectivity index (χ2n) is 4.31. The summed E-state index contributed by atoms with van der Waals surface area (Å²) in [5, 5.41) is 3.45. The highest BCUT2D eigenvalue weighted by Gasteiger charge is 2.08. The van der Waals surface area contributed by atoms with Crippen molar-refractivity contribution in [1.29, 1.82) is 0 Å². The molecule has 0 radical (unpaired) electrons. The highest BCUT2D eigenvalue weighted by molar-refractivity contribution is 6.30. The summed E-state index contributed by atoms with van der Waals surface area (Å²) < 4.78 is 5.09. The minimum atomic E-state index is -0.212. The molecule has 104 valence electrons. The molecule has 0 spiro atoms. The van der Waals surface area contributed by atoms with Crippen LogP contribution in [-0.2, 0) is 6.54 Å². The van der Waals surface area contributed by atoms with Crippen molar-refractivity contribution in [3.05, 3.63) is 58.6 Å². The summed E-state index contributed by atoms with van der Waals surface area (Å²) in [6, 6.07) is 12.2. The second kappa shape index (κ2) is 6.30. The molecule has 3 N–H and O–H groups in total. The number of nitrogen functional groups attached to an aromatic ring is 1. The van der Waals surface area contributed by atoms with Gasteiger partial charge in [0.2, 0.25) is 0 Å². The second-order valence-corrected chi connectivity index (χ2v) is 4.74. The van der Waals surface area contributed by atoms with E-state index in [1.165, 1.54) is 7.11 Å². The molecule has 20 heavy (non-hydrogen) atoms. The predicted molar refractivity (Wildman–Crippen MR) is 80.0 cm³/mol. The lowest BCUT2D eigenvalue weighted by Crippen LogP contribution is -2.22. The number of halogens is 1. The van der Waals surface area contributed by atoms with E-state index < -0.39 is 0 Å². The maximum Gasteiger partial charge on any atom is 0.251 e. The Morgan fingerprint density at radius 3 is 2.80 bits per heavy atom. The predicted octanol–water partition coefficient (Wildman–Crippen LogP) is 2.86. The van der Waals surface area contributed by atoms with Crippen LogP contribution in [0.15, 0.2) is 42.5 Å². The number of benzene rings is 2. The van der Waals surface area contributed by atoms with Crippen LogP contribution >= 0.6 is 11.6 Å². The van der Waals surface area contributed by atoms with Crippen molar-refractivity contribution in [2.24, 2.45) is 0 Å². The molecule has 0 aromatic heterocycles. The Morgan fingerprint density at radius 1 is 1.30 bits per heavy atom. The van der Waals surface area contributed by atoms with Crippen LogP contribution in [0.25, 0.3) is 0 Å². The Labute approximate surface area is 122 Å². The average Bonchev–Trinajstić information content (AvgIpc) is 2.44. The van der Waals surface area contributed by atoms with Crippen LogP contribution in [0.1, 0.15) is 15.9 Å². The number of ether oxygens (including phenoxy) is 1. The van der Waals surface area contributed by atoms with Crippen LogP contribution in [0, 0.1) is 0 Å². The molecule has 0 aliphatic rings. The largest absolute Gasteiger partial charge is 0.497 e. The van der Waals surface area contributed by atoms with E-state index in [0.29, 0.717) is 28.6 Å². The summed E-state index contributed by atoms with van der Waals surface area (Å²) in [5.41, 5.74) is 7.60. The van der Waals surface area contributed by atoms with E-state index >= 15 is 0 Å². The molecule has 0 aliphatic carbocycles. The first-order valence-corrected chi connectivity index (χ1v) is 6.43.